The van der Waals surface area contributed by atoms with Crippen LogP contribution in [0.1, 0.15) is 40.4 Å². The van der Waals surface area contributed by atoms with Crippen LogP contribution in [0, 0.1) is 6.92 Å². The van der Waals surface area contributed by atoms with E-state index in [4.69, 9.17) is 9.52 Å². The van der Waals surface area contributed by atoms with E-state index < -0.39 is 5.97 Å². The molecule has 0 aromatic carbocycles. The molecule has 0 amide bonds. The fourth-order valence-electron chi connectivity index (χ4n) is 1.63. The molecular weight excluding hydrogens is 250 g/mol. The summed E-state index contributed by atoms with van der Waals surface area (Å²) in [5, 5.41) is 16.3. The molecule has 96 valence electrons. The Morgan fingerprint density at radius 3 is 2.83 bits per heavy atom. The zero-order valence-corrected chi connectivity index (χ0v) is 11.1. The summed E-state index contributed by atoms with van der Waals surface area (Å²) >= 11 is 1.68. The number of carboxylic acid groups (broad SMARTS) is 1. The van der Waals surface area contributed by atoms with E-state index in [1.807, 2.05) is 6.92 Å². The van der Waals surface area contributed by atoms with Crippen molar-refractivity contribution in [1.29, 1.82) is 0 Å². The van der Waals surface area contributed by atoms with E-state index in [0.29, 0.717) is 5.76 Å². The third-order valence-corrected chi connectivity index (χ3v) is 3.73. The lowest BCUT2D eigenvalue weighted by Gasteiger charge is -2.11. The molecule has 18 heavy (non-hydrogen) atoms. The van der Waals surface area contributed by atoms with E-state index >= 15 is 0 Å². The van der Waals surface area contributed by atoms with Gasteiger partial charge in [0.05, 0.1) is 6.04 Å². The minimum atomic E-state index is -1.04. The van der Waals surface area contributed by atoms with Gasteiger partial charge in [-0.05, 0) is 47.9 Å². The number of nitrogens with one attached hydrogen (secondary N) is 1. The van der Waals surface area contributed by atoms with Crippen molar-refractivity contribution in [3.63, 3.8) is 0 Å². The van der Waals surface area contributed by atoms with Gasteiger partial charge in [0.1, 0.15) is 5.76 Å². The van der Waals surface area contributed by atoms with Crippen LogP contribution in [0.25, 0.3) is 0 Å². The Kier molecular flexibility index (Phi) is 3.84. The van der Waals surface area contributed by atoms with E-state index in [-0.39, 0.29) is 11.8 Å². The molecule has 2 N–H and O–H groups in total. The summed E-state index contributed by atoms with van der Waals surface area (Å²) in [6, 6.07) is 3.16. The fourth-order valence-corrected chi connectivity index (χ4v) is 2.49. The number of furan rings is 1. The summed E-state index contributed by atoms with van der Waals surface area (Å²) in [6.07, 6.45) is 0. The van der Waals surface area contributed by atoms with Crippen LogP contribution in [-0.4, -0.2) is 11.1 Å². The maximum absolute atomic E-state index is 10.7. The third kappa shape index (κ3) is 2.80. The molecule has 2 heterocycles. The first-order valence-electron chi connectivity index (χ1n) is 5.66. The molecule has 2 aromatic heterocycles. The van der Waals surface area contributed by atoms with Crippen molar-refractivity contribution in [2.45, 2.75) is 26.4 Å². The van der Waals surface area contributed by atoms with Crippen LogP contribution in [0.15, 0.2) is 27.3 Å². The van der Waals surface area contributed by atoms with Gasteiger partial charge in [-0.2, -0.15) is 11.3 Å². The molecule has 0 saturated heterocycles. The Morgan fingerprint density at radius 1 is 1.50 bits per heavy atom. The van der Waals surface area contributed by atoms with Crippen molar-refractivity contribution in [2.24, 2.45) is 0 Å². The zero-order chi connectivity index (χ0) is 13.1. The zero-order valence-electron chi connectivity index (χ0n) is 10.3. The lowest BCUT2D eigenvalue weighted by molar-refractivity contribution is 0.0659. The smallest absolute Gasteiger partial charge is 0.371 e. The van der Waals surface area contributed by atoms with Crippen LogP contribution < -0.4 is 5.32 Å². The van der Waals surface area contributed by atoms with E-state index in [1.54, 1.807) is 17.4 Å². The molecule has 0 fully saturated rings. The van der Waals surface area contributed by atoms with Gasteiger partial charge in [0.25, 0.3) is 0 Å². The standard InChI is InChI=1S/C13H15NO3S/c1-8-6-18-7-10(8)5-14-9(2)11-3-4-12(17-11)13(15)16/h3-4,6-7,9,14H,5H2,1-2H3,(H,15,16). The third-order valence-electron chi connectivity index (χ3n) is 2.82. The quantitative estimate of drug-likeness (QED) is 0.871. The molecular formula is C13H15NO3S. The molecule has 0 radical (unpaired) electrons. The van der Waals surface area contributed by atoms with E-state index in [1.165, 1.54) is 17.2 Å². The van der Waals surface area contributed by atoms with Gasteiger partial charge in [-0.25, -0.2) is 4.79 Å². The number of hydrogen-bond donors (Lipinski definition) is 2. The Hall–Kier alpha value is -1.59. The molecule has 0 aliphatic heterocycles. The first-order chi connectivity index (χ1) is 8.58. The van der Waals surface area contributed by atoms with Gasteiger partial charge >= 0.3 is 5.97 Å². The van der Waals surface area contributed by atoms with Crippen molar-refractivity contribution in [2.75, 3.05) is 0 Å². The van der Waals surface area contributed by atoms with Crippen LogP contribution in [0.5, 0.6) is 0 Å². The summed E-state index contributed by atoms with van der Waals surface area (Å²) in [7, 11) is 0. The largest absolute Gasteiger partial charge is 0.475 e. The van der Waals surface area contributed by atoms with E-state index in [0.717, 1.165) is 6.54 Å². The van der Waals surface area contributed by atoms with Crippen molar-refractivity contribution >= 4 is 17.3 Å². The molecule has 2 rings (SSSR count). The normalized spacial score (nSPS) is 12.6. The maximum atomic E-state index is 10.7. The van der Waals surface area contributed by atoms with Crippen molar-refractivity contribution in [3.05, 3.63) is 45.5 Å². The molecule has 1 atom stereocenters. The van der Waals surface area contributed by atoms with Crippen LogP contribution in [0.3, 0.4) is 0 Å². The SMILES string of the molecule is Cc1cscc1CNC(C)c1ccc(C(=O)O)o1. The lowest BCUT2D eigenvalue weighted by Crippen LogP contribution is -2.17. The molecule has 0 aliphatic carbocycles. The molecule has 4 nitrogen and oxygen atoms in total. The summed E-state index contributed by atoms with van der Waals surface area (Å²) in [5.74, 6) is -0.423. The van der Waals surface area contributed by atoms with E-state index in [2.05, 4.69) is 23.0 Å². The Bertz CT molecular complexity index is 544. The number of aryl methyl sites for hydroxylation is 1. The van der Waals surface area contributed by atoms with Gasteiger partial charge in [-0.1, -0.05) is 0 Å². The van der Waals surface area contributed by atoms with Crippen molar-refractivity contribution in [3.8, 4) is 0 Å². The molecule has 5 heteroatoms. The fraction of sp³-hybridized carbons (Fsp3) is 0.308. The van der Waals surface area contributed by atoms with Crippen molar-refractivity contribution < 1.29 is 14.3 Å². The summed E-state index contributed by atoms with van der Waals surface area (Å²) < 4.78 is 5.25. The van der Waals surface area contributed by atoms with Gasteiger partial charge in [-0.3, -0.25) is 0 Å². The maximum Gasteiger partial charge on any atom is 0.371 e. The van der Waals surface area contributed by atoms with Gasteiger partial charge in [0.15, 0.2) is 0 Å². The predicted octanol–water partition coefficient (Wildman–Crippen LogP) is 3.20. The Balaban J connectivity index is 1.97. The van der Waals surface area contributed by atoms with Gasteiger partial charge < -0.3 is 14.8 Å². The molecule has 0 saturated carbocycles. The van der Waals surface area contributed by atoms with Gasteiger partial charge in [0.2, 0.25) is 5.76 Å². The lowest BCUT2D eigenvalue weighted by atomic mass is 10.2. The van der Waals surface area contributed by atoms with Crippen molar-refractivity contribution in [1.82, 2.24) is 5.32 Å². The second-order valence-electron chi connectivity index (χ2n) is 4.19. The number of carboxylic acids is 1. The van der Waals surface area contributed by atoms with Gasteiger partial charge in [0, 0.05) is 6.54 Å². The molecule has 0 bridgehead atoms. The monoisotopic (exact) mass is 265 g/mol. The minimum Gasteiger partial charge on any atom is -0.475 e. The first-order valence-corrected chi connectivity index (χ1v) is 6.60. The van der Waals surface area contributed by atoms with Crippen LogP contribution >= 0.6 is 11.3 Å². The Morgan fingerprint density at radius 2 is 2.28 bits per heavy atom. The van der Waals surface area contributed by atoms with Gasteiger partial charge in [-0.15, -0.1) is 0 Å². The van der Waals surface area contributed by atoms with Crippen LogP contribution in [0.4, 0.5) is 0 Å². The predicted molar refractivity (Wildman–Crippen MR) is 70.0 cm³/mol. The highest BCUT2D eigenvalue weighted by molar-refractivity contribution is 7.08. The summed E-state index contributed by atoms with van der Waals surface area (Å²) in [6.45, 7) is 4.78. The number of thiophene rings is 1. The summed E-state index contributed by atoms with van der Waals surface area (Å²) in [5.41, 5.74) is 2.53. The molecule has 1 unspecified atom stereocenters. The second-order valence-corrected chi connectivity index (χ2v) is 4.93. The Labute approximate surface area is 109 Å². The van der Waals surface area contributed by atoms with Crippen LogP contribution in [-0.2, 0) is 6.54 Å². The minimum absolute atomic E-state index is 0.0163. The second kappa shape index (κ2) is 5.37. The highest BCUT2D eigenvalue weighted by atomic mass is 32.1. The summed E-state index contributed by atoms with van der Waals surface area (Å²) in [4.78, 5) is 10.7. The topological polar surface area (TPSA) is 62.5 Å². The number of carbonyl (C=O) groups is 1. The number of rotatable bonds is 5. The van der Waals surface area contributed by atoms with E-state index in [9.17, 15) is 4.79 Å². The average Bonchev–Trinajstić information content (AvgIpc) is 2.94. The molecule has 2 aromatic rings. The highest BCUT2D eigenvalue weighted by Gasteiger charge is 2.14. The molecule has 0 spiro atoms. The number of aromatic carboxylic acids is 1. The average molecular weight is 265 g/mol. The van der Waals surface area contributed by atoms with Crippen LogP contribution in [0.2, 0.25) is 0 Å². The molecule has 0 aliphatic rings. The first kappa shape index (κ1) is 12.9. The number of hydrogen-bond acceptors (Lipinski definition) is 4. The highest BCUT2D eigenvalue weighted by Crippen LogP contribution is 2.18.